The molecule has 0 bridgehead atoms. The largest absolute Gasteiger partial charge is 0.381 e. The molecule has 0 saturated heterocycles. The third kappa shape index (κ3) is 4.42. The van der Waals surface area contributed by atoms with Crippen molar-refractivity contribution in [2.45, 2.75) is 19.8 Å². The highest BCUT2D eigenvalue weighted by Gasteiger charge is 2.06. The van der Waals surface area contributed by atoms with Gasteiger partial charge in [-0.15, -0.1) is 0 Å². The minimum atomic E-state index is -0.126. The zero-order valence-corrected chi connectivity index (χ0v) is 12.8. The molecule has 1 heterocycles. The summed E-state index contributed by atoms with van der Waals surface area (Å²) in [6, 6.07) is 0. The van der Waals surface area contributed by atoms with Crippen LogP contribution in [0.4, 0.5) is 5.69 Å². The summed E-state index contributed by atoms with van der Waals surface area (Å²) >= 11 is 3.29. The van der Waals surface area contributed by atoms with Crippen LogP contribution in [0.15, 0.2) is 15.5 Å². The fraction of sp³-hybridized carbons (Fsp3) is 0.667. The van der Waals surface area contributed by atoms with E-state index in [2.05, 4.69) is 45.2 Å². The molecule has 0 aliphatic rings. The van der Waals surface area contributed by atoms with Crippen molar-refractivity contribution in [1.82, 2.24) is 14.7 Å². The van der Waals surface area contributed by atoms with E-state index in [0.717, 1.165) is 25.3 Å². The molecule has 0 fully saturated rings. The quantitative estimate of drug-likeness (QED) is 0.831. The van der Waals surface area contributed by atoms with Crippen molar-refractivity contribution < 1.29 is 0 Å². The van der Waals surface area contributed by atoms with Gasteiger partial charge in [-0.2, -0.15) is 5.10 Å². The first-order chi connectivity index (χ1) is 8.56. The predicted octanol–water partition coefficient (Wildman–Crippen LogP) is 1.69. The number of aromatic nitrogens is 2. The van der Waals surface area contributed by atoms with Gasteiger partial charge >= 0.3 is 0 Å². The zero-order valence-electron chi connectivity index (χ0n) is 11.2. The van der Waals surface area contributed by atoms with Crippen molar-refractivity contribution in [2.75, 3.05) is 32.0 Å². The standard InChI is InChI=1S/C12H21BrN4O/c1-4-5-7-16(2)8-6-14-10-9-15-17(3)12(18)11(10)13/h9,14H,4-8H2,1-3H3. The summed E-state index contributed by atoms with van der Waals surface area (Å²) in [4.78, 5) is 13.9. The highest BCUT2D eigenvalue weighted by molar-refractivity contribution is 9.10. The van der Waals surface area contributed by atoms with Crippen LogP contribution in [0.1, 0.15) is 19.8 Å². The van der Waals surface area contributed by atoms with Gasteiger partial charge < -0.3 is 10.2 Å². The Morgan fingerprint density at radius 2 is 2.22 bits per heavy atom. The van der Waals surface area contributed by atoms with Crippen LogP contribution in [0, 0.1) is 0 Å². The first kappa shape index (κ1) is 15.2. The molecule has 0 atom stereocenters. The molecule has 1 aromatic heterocycles. The topological polar surface area (TPSA) is 50.2 Å². The van der Waals surface area contributed by atoms with E-state index in [1.54, 1.807) is 13.2 Å². The first-order valence-corrected chi connectivity index (χ1v) is 6.99. The number of unbranched alkanes of at least 4 members (excludes halogenated alkanes) is 1. The maximum Gasteiger partial charge on any atom is 0.282 e. The SMILES string of the molecule is CCCCN(C)CCNc1cnn(C)c(=O)c1Br. The van der Waals surface area contributed by atoms with Crippen LogP contribution in [0.3, 0.4) is 0 Å². The molecule has 0 amide bonds. The molecule has 102 valence electrons. The molecule has 0 aliphatic heterocycles. The molecule has 0 saturated carbocycles. The summed E-state index contributed by atoms with van der Waals surface area (Å²) in [6.07, 6.45) is 4.09. The number of aryl methyl sites for hydroxylation is 1. The Labute approximate surface area is 116 Å². The van der Waals surface area contributed by atoms with Gasteiger partial charge in [-0.3, -0.25) is 4.79 Å². The first-order valence-electron chi connectivity index (χ1n) is 6.20. The summed E-state index contributed by atoms with van der Waals surface area (Å²) in [5.41, 5.74) is 0.626. The maximum atomic E-state index is 11.6. The Bertz CT molecular complexity index is 433. The smallest absolute Gasteiger partial charge is 0.282 e. The molecule has 0 radical (unpaired) electrons. The molecule has 6 heteroatoms. The summed E-state index contributed by atoms with van der Waals surface area (Å²) < 4.78 is 1.85. The highest BCUT2D eigenvalue weighted by atomic mass is 79.9. The van der Waals surface area contributed by atoms with Crippen LogP contribution in [0.25, 0.3) is 0 Å². The minimum Gasteiger partial charge on any atom is -0.381 e. The minimum absolute atomic E-state index is 0.126. The normalized spacial score (nSPS) is 10.9. The molecule has 1 aromatic rings. The number of nitrogens with one attached hydrogen (secondary N) is 1. The number of halogens is 1. The van der Waals surface area contributed by atoms with E-state index >= 15 is 0 Å². The van der Waals surface area contributed by atoms with Crippen LogP contribution in [-0.4, -0.2) is 41.4 Å². The third-order valence-corrected chi connectivity index (χ3v) is 3.55. The van der Waals surface area contributed by atoms with E-state index in [0.29, 0.717) is 4.47 Å². The second-order valence-electron chi connectivity index (χ2n) is 4.38. The monoisotopic (exact) mass is 316 g/mol. The van der Waals surface area contributed by atoms with Gasteiger partial charge in [0.1, 0.15) is 4.47 Å². The van der Waals surface area contributed by atoms with Gasteiger partial charge in [0.05, 0.1) is 11.9 Å². The molecule has 5 nitrogen and oxygen atoms in total. The van der Waals surface area contributed by atoms with Crippen molar-refractivity contribution >= 4 is 21.6 Å². The number of likely N-dealkylation sites (N-methyl/N-ethyl adjacent to an activating group) is 1. The number of hydrogen-bond donors (Lipinski definition) is 1. The molecule has 0 unspecified atom stereocenters. The lowest BCUT2D eigenvalue weighted by Crippen LogP contribution is -2.27. The molecule has 0 aliphatic carbocycles. The van der Waals surface area contributed by atoms with Crippen LogP contribution in [-0.2, 0) is 7.05 Å². The summed E-state index contributed by atoms with van der Waals surface area (Å²) in [6.45, 7) is 5.04. The summed E-state index contributed by atoms with van der Waals surface area (Å²) in [7, 11) is 3.74. The maximum absolute atomic E-state index is 11.6. The Morgan fingerprint density at radius 1 is 1.50 bits per heavy atom. The molecule has 0 spiro atoms. The molecule has 1 rings (SSSR count). The summed E-state index contributed by atoms with van der Waals surface area (Å²) in [5, 5.41) is 7.21. The van der Waals surface area contributed by atoms with E-state index < -0.39 is 0 Å². The van der Waals surface area contributed by atoms with Crippen molar-refractivity contribution in [3.05, 3.63) is 21.0 Å². The number of rotatable bonds is 7. The van der Waals surface area contributed by atoms with Crippen LogP contribution in [0.2, 0.25) is 0 Å². The van der Waals surface area contributed by atoms with Crippen LogP contribution < -0.4 is 10.9 Å². The van der Waals surface area contributed by atoms with Crippen molar-refractivity contribution in [3.8, 4) is 0 Å². The highest BCUT2D eigenvalue weighted by Crippen LogP contribution is 2.15. The van der Waals surface area contributed by atoms with Gasteiger partial charge in [-0.1, -0.05) is 13.3 Å². The number of hydrogen-bond acceptors (Lipinski definition) is 4. The second kappa shape index (κ2) is 7.53. The molecule has 18 heavy (non-hydrogen) atoms. The molecular weight excluding hydrogens is 296 g/mol. The Hall–Kier alpha value is -0.880. The number of anilines is 1. The van der Waals surface area contributed by atoms with Gasteiger partial charge in [0.25, 0.3) is 5.56 Å². The predicted molar refractivity (Wildman–Crippen MR) is 78.1 cm³/mol. The molecule has 1 N–H and O–H groups in total. The van der Waals surface area contributed by atoms with Gasteiger partial charge in [-0.05, 0) is 35.9 Å². The lowest BCUT2D eigenvalue weighted by atomic mass is 10.3. The van der Waals surface area contributed by atoms with Crippen molar-refractivity contribution in [2.24, 2.45) is 7.05 Å². The molecule has 0 aromatic carbocycles. The van der Waals surface area contributed by atoms with E-state index in [1.165, 1.54) is 17.5 Å². The number of nitrogens with zero attached hydrogens (tertiary/aromatic N) is 3. The fourth-order valence-corrected chi connectivity index (χ4v) is 2.05. The average molecular weight is 317 g/mol. The Kier molecular flexibility index (Phi) is 6.35. The van der Waals surface area contributed by atoms with Crippen LogP contribution in [0.5, 0.6) is 0 Å². The van der Waals surface area contributed by atoms with Crippen LogP contribution >= 0.6 is 15.9 Å². The van der Waals surface area contributed by atoms with E-state index in [9.17, 15) is 4.79 Å². The zero-order chi connectivity index (χ0) is 13.5. The lowest BCUT2D eigenvalue weighted by molar-refractivity contribution is 0.340. The van der Waals surface area contributed by atoms with Gasteiger partial charge in [-0.25, -0.2) is 4.68 Å². The lowest BCUT2D eigenvalue weighted by Gasteiger charge is -2.17. The molecular formula is C12H21BrN4O. The van der Waals surface area contributed by atoms with E-state index in [4.69, 9.17) is 0 Å². The summed E-state index contributed by atoms with van der Waals surface area (Å²) in [5.74, 6) is 0. The van der Waals surface area contributed by atoms with Gasteiger partial charge in [0.2, 0.25) is 0 Å². The second-order valence-corrected chi connectivity index (χ2v) is 5.18. The Balaban J connectivity index is 2.45. The van der Waals surface area contributed by atoms with E-state index in [-0.39, 0.29) is 5.56 Å². The third-order valence-electron chi connectivity index (χ3n) is 2.78. The Morgan fingerprint density at radius 3 is 2.89 bits per heavy atom. The van der Waals surface area contributed by atoms with Crippen molar-refractivity contribution in [1.29, 1.82) is 0 Å². The van der Waals surface area contributed by atoms with E-state index in [1.807, 2.05) is 0 Å². The average Bonchev–Trinajstić information content (AvgIpc) is 2.36. The van der Waals surface area contributed by atoms with Crippen molar-refractivity contribution in [3.63, 3.8) is 0 Å². The fourth-order valence-electron chi connectivity index (χ4n) is 1.56. The van der Waals surface area contributed by atoms with Gasteiger partial charge in [0, 0.05) is 20.1 Å². The van der Waals surface area contributed by atoms with Gasteiger partial charge in [0.15, 0.2) is 0 Å².